The van der Waals surface area contributed by atoms with Crippen molar-refractivity contribution in [3.05, 3.63) is 71.3 Å². The molecule has 0 saturated carbocycles. The first kappa shape index (κ1) is 15.6. The Morgan fingerprint density at radius 3 is 2.14 bits per heavy atom. The van der Waals surface area contributed by atoms with E-state index in [1.54, 1.807) is 0 Å². The maximum absolute atomic E-state index is 13.5. The molecule has 3 nitrogen and oxygen atoms in total. The molecule has 2 aromatic rings. The first-order valence-corrected chi connectivity index (χ1v) is 8.07. The second kappa shape index (κ2) is 6.32. The van der Waals surface area contributed by atoms with Gasteiger partial charge in [0, 0.05) is 11.1 Å². The number of halogens is 2. The van der Waals surface area contributed by atoms with Crippen LogP contribution in [0.4, 0.5) is 8.78 Å². The topological polar surface area (TPSA) is 54.4 Å². The Morgan fingerprint density at radius 1 is 0.952 bits per heavy atom. The van der Waals surface area contributed by atoms with Crippen LogP contribution in [0.1, 0.15) is 17.2 Å². The van der Waals surface area contributed by atoms with Gasteiger partial charge < -0.3 is 5.11 Å². The van der Waals surface area contributed by atoms with E-state index >= 15 is 0 Å². The predicted molar refractivity (Wildman–Crippen MR) is 75.3 cm³/mol. The fraction of sp³-hybridized carbons (Fsp3) is 0.200. The lowest BCUT2D eigenvalue weighted by atomic mass is 10.1. The van der Waals surface area contributed by atoms with Gasteiger partial charge in [0.05, 0.1) is 17.6 Å². The minimum absolute atomic E-state index is 0.0261. The third-order valence-corrected chi connectivity index (χ3v) is 4.58. The SMILES string of the molecule is O=S(=O)(Cc1ccccc1F)CC(O)c1ccccc1F. The van der Waals surface area contributed by atoms with Gasteiger partial charge in [-0.2, -0.15) is 0 Å². The smallest absolute Gasteiger partial charge is 0.157 e. The summed E-state index contributed by atoms with van der Waals surface area (Å²) in [5.41, 5.74) is -0.0622. The monoisotopic (exact) mass is 312 g/mol. The molecule has 0 spiro atoms. The highest BCUT2D eigenvalue weighted by atomic mass is 32.2. The van der Waals surface area contributed by atoms with Crippen LogP contribution < -0.4 is 0 Å². The van der Waals surface area contributed by atoms with Crippen LogP contribution >= 0.6 is 0 Å². The molecule has 2 aromatic carbocycles. The van der Waals surface area contributed by atoms with Gasteiger partial charge in [-0.25, -0.2) is 17.2 Å². The van der Waals surface area contributed by atoms with Crippen molar-refractivity contribution in [1.82, 2.24) is 0 Å². The Balaban J connectivity index is 2.15. The van der Waals surface area contributed by atoms with Crippen LogP contribution in [0, 0.1) is 11.6 Å². The normalized spacial score (nSPS) is 13.1. The van der Waals surface area contributed by atoms with Crippen molar-refractivity contribution in [2.75, 3.05) is 5.75 Å². The number of sulfone groups is 1. The Hall–Kier alpha value is -1.79. The van der Waals surface area contributed by atoms with Crippen LogP contribution in [-0.2, 0) is 15.6 Å². The molecular formula is C15H14F2O3S. The van der Waals surface area contributed by atoms with Crippen molar-refractivity contribution < 1.29 is 22.3 Å². The first-order valence-electron chi connectivity index (χ1n) is 6.25. The molecule has 0 aliphatic rings. The maximum atomic E-state index is 13.5. The van der Waals surface area contributed by atoms with Gasteiger partial charge in [-0.1, -0.05) is 36.4 Å². The van der Waals surface area contributed by atoms with Crippen molar-refractivity contribution in [1.29, 1.82) is 0 Å². The molecule has 6 heteroatoms. The average molecular weight is 312 g/mol. The molecule has 0 aliphatic heterocycles. The van der Waals surface area contributed by atoms with Gasteiger partial charge in [0.25, 0.3) is 0 Å². The van der Waals surface area contributed by atoms with E-state index in [0.717, 1.165) is 12.1 Å². The summed E-state index contributed by atoms with van der Waals surface area (Å²) in [7, 11) is -3.78. The van der Waals surface area contributed by atoms with Crippen molar-refractivity contribution in [2.45, 2.75) is 11.9 Å². The Bertz CT molecular complexity index is 729. The number of hydrogen-bond donors (Lipinski definition) is 1. The molecule has 0 saturated heterocycles. The lowest BCUT2D eigenvalue weighted by Crippen LogP contribution is -2.17. The Labute approximate surface area is 121 Å². The molecule has 0 aromatic heterocycles. The Kier molecular flexibility index (Phi) is 4.69. The number of aliphatic hydroxyl groups is 1. The van der Waals surface area contributed by atoms with Crippen molar-refractivity contribution in [2.24, 2.45) is 0 Å². The molecule has 2 rings (SSSR count). The predicted octanol–water partition coefficient (Wildman–Crippen LogP) is 2.61. The molecule has 0 bridgehead atoms. The van der Waals surface area contributed by atoms with E-state index in [9.17, 15) is 22.3 Å². The van der Waals surface area contributed by atoms with Crippen LogP contribution in [-0.4, -0.2) is 19.3 Å². The minimum atomic E-state index is -3.78. The van der Waals surface area contributed by atoms with E-state index in [4.69, 9.17) is 0 Å². The molecular weight excluding hydrogens is 298 g/mol. The summed E-state index contributed by atoms with van der Waals surface area (Å²) in [6.07, 6.45) is -1.48. The highest BCUT2D eigenvalue weighted by Gasteiger charge is 2.22. The second-order valence-corrected chi connectivity index (χ2v) is 6.79. The summed E-state index contributed by atoms with van der Waals surface area (Å²) in [5, 5.41) is 9.87. The lowest BCUT2D eigenvalue weighted by Gasteiger charge is -2.12. The number of aliphatic hydroxyl groups excluding tert-OH is 1. The quantitative estimate of drug-likeness (QED) is 0.923. The molecule has 0 heterocycles. The number of hydrogen-bond acceptors (Lipinski definition) is 3. The van der Waals surface area contributed by atoms with Crippen LogP contribution in [0.5, 0.6) is 0 Å². The largest absolute Gasteiger partial charge is 0.387 e. The Morgan fingerprint density at radius 2 is 1.52 bits per heavy atom. The standard InChI is InChI=1S/C15H14F2O3S/c16-13-7-3-1-5-11(13)9-21(19,20)10-15(18)12-6-2-4-8-14(12)17/h1-8,15,18H,9-10H2. The fourth-order valence-corrected chi connectivity index (χ4v) is 3.47. The van der Waals surface area contributed by atoms with Gasteiger partial charge in [-0.05, 0) is 12.1 Å². The number of rotatable bonds is 5. The lowest BCUT2D eigenvalue weighted by molar-refractivity contribution is 0.196. The van der Waals surface area contributed by atoms with Crippen molar-refractivity contribution in [3.63, 3.8) is 0 Å². The maximum Gasteiger partial charge on any atom is 0.157 e. The molecule has 112 valence electrons. The van der Waals surface area contributed by atoms with Gasteiger partial charge >= 0.3 is 0 Å². The molecule has 0 amide bonds. The van der Waals surface area contributed by atoms with Gasteiger partial charge in [-0.15, -0.1) is 0 Å². The second-order valence-electron chi connectivity index (χ2n) is 4.68. The molecule has 1 unspecified atom stereocenters. The van der Waals surface area contributed by atoms with Crippen LogP contribution in [0.2, 0.25) is 0 Å². The van der Waals surface area contributed by atoms with Crippen molar-refractivity contribution in [3.8, 4) is 0 Å². The summed E-state index contributed by atoms with van der Waals surface area (Å²) < 4.78 is 50.9. The van der Waals surface area contributed by atoms with Gasteiger partial charge in [0.2, 0.25) is 0 Å². The van der Waals surface area contributed by atoms with Crippen molar-refractivity contribution >= 4 is 9.84 Å². The molecule has 1 N–H and O–H groups in total. The van der Waals surface area contributed by atoms with E-state index in [-0.39, 0.29) is 11.1 Å². The fourth-order valence-electron chi connectivity index (χ4n) is 1.99. The summed E-state index contributed by atoms with van der Waals surface area (Å²) >= 11 is 0. The van der Waals surface area contributed by atoms with Gasteiger partial charge in [0.1, 0.15) is 11.6 Å². The number of benzene rings is 2. The van der Waals surface area contributed by atoms with Crippen LogP contribution in [0.15, 0.2) is 48.5 Å². The van der Waals surface area contributed by atoms with Gasteiger partial charge in [-0.3, -0.25) is 0 Å². The molecule has 0 radical (unpaired) electrons. The van der Waals surface area contributed by atoms with E-state index < -0.39 is 39.1 Å². The highest BCUT2D eigenvalue weighted by molar-refractivity contribution is 7.90. The zero-order chi connectivity index (χ0) is 15.5. The zero-order valence-corrected chi connectivity index (χ0v) is 11.9. The molecule has 21 heavy (non-hydrogen) atoms. The third kappa shape index (κ3) is 4.09. The van der Waals surface area contributed by atoms with E-state index in [2.05, 4.69) is 0 Å². The average Bonchev–Trinajstić information content (AvgIpc) is 2.41. The van der Waals surface area contributed by atoms with Crippen LogP contribution in [0.25, 0.3) is 0 Å². The zero-order valence-electron chi connectivity index (χ0n) is 11.0. The molecule has 1 atom stereocenters. The highest BCUT2D eigenvalue weighted by Crippen LogP contribution is 2.20. The van der Waals surface area contributed by atoms with E-state index in [1.807, 2.05) is 0 Å². The first-order chi connectivity index (χ1) is 9.89. The summed E-state index contributed by atoms with van der Waals surface area (Å²) in [6.45, 7) is 0. The third-order valence-electron chi connectivity index (χ3n) is 3.01. The summed E-state index contributed by atoms with van der Waals surface area (Å²) in [5.74, 6) is -2.50. The van der Waals surface area contributed by atoms with E-state index in [1.165, 1.54) is 36.4 Å². The summed E-state index contributed by atoms with van der Waals surface area (Å²) in [4.78, 5) is 0. The molecule has 0 aliphatic carbocycles. The minimum Gasteiger partial charge on any atom is -0.387 e. The summed E-state index contributed by atoms with van der Waals surface area (Å²) in [6, 6.07) is 10.9. The van der Waals surface area contributed by atoms with E-state index in [0.29, 0.717) is 0 Å². The molecule has 0 fully saturated rings. The van der Waals surface area contributed by atoms with Gasteiger partial charge in [0.15, 0.2) is 9.84 Å². The van der Waals surface area contributed by atoms with Crippen LogP contribution in [0.3, 0.4) is 0 Å².